The number of benzene rings is 4. The summed E-state index contributed by atoms with van der Waals surface area (Å²) in [6, 6.07) is 30.9. The van der Waals surface area contributed by atoms with E-state index in [2.05, 4.69) is 140 Å². The molecule has 0 saturated carbocycles. The third-order valence-corrected chi connectivity index (χ3v) is 6.67. The second-order valence-corrected chi connectivity index (χ2v) is 10.6. The molecule has 0 aliphatic rings. The van der Waals surface area contributed by atoms with Crippen LogP contribution in [0.4, 0.5) is 0 Å². The first kappa shape index (κ1) is 25.8. The van der Waals surface area contributed by atoms with Crippen LogP contribution in [0.15, 0.2) is 84.9 Å². The monoisotopic (exact) mass is 450 g/mol. The average Bonchev–Trinajstić information content (AvgIpc) is 2.83. The summed E-state index contributed by atoms with van der Waals surface area (Å²) in [4.78, 5) is 0. The number of hydrogen-bond donors (Lipinski definition) is 0. The highest BCUT2D eigenvalue weighted by Gasteiger charge is 2.12. The topological polar surface area (TPSA) is 0 Å². The third-order valence-electron chi connectivity index (χ3n) is 6.67. The molecule has 0 unspecified atom stereocenters. The normalized spacial score (nSPS) is 11.4. The Morgan fingerprint density at radius 1 is 0.412 bits per heavy atom. The first-order valence-corrected chi connectivity index (χ1v) is 12.9. The first-order valence-electron chi connectivity index (χ1n) is 12.9. The highest BCUT2D eigenvalue weighted by atomic mass is 14.2. The fraction of sp³-hybridized carbons (Fsp3) is 0.353. The zero-order valence-corrected chi connectivity index (χ0v) is 22.4. The van der Waals surface area contributed by atoms with Gasteiger partial charge in [0.25, 0.3) is 0 Å². The SMILES string of the molecule is CC(C)c1ccc(-c2cccc3ccccc23)cc1C(C)C.CC(C)c1ccccc1C(C)C. The van der Waals surface area contributed by atoms with Crippen LogP contribution in [0.3, 0.4) is 0 Å². The lowest BCUT2D eigenvalue weighted by Crippen LogP contribution is -1.99. The molecule has 4 aromatic carbocycles. The van der Waals surface area contributed by atoms with Crippen molar-refractivity contribution in [3.63, 3.8) is 0 Å². The number of fused-ring (bicyclic) bond motifs is 1. The standard InChI is InChI=1S/C22H24.C12H18/c1-15(2)19-13-12-18(14-22(19)16(3)4)21-11-7-9-17-8-5-6-10-20(17)21;1-9(2)11-7-5-6-8-12(11)10(3)4/h5-16H,1-4H3;5-10H,1-4H3. The maximum atomic E-state index is 2.39. The zero-order chi connectivity index (χ0) is 24.8. The van der Waals surface area contributed by atoms with Gasteiger partial charge < -0.3 is 0 Å². The molecule has 0 aliphatic carbocycles. The molecule has 0 radical (unpaired) electrons. The fourth-order valence-corrected chi connectivity index (χ4v) is 4.81. The van der Waals surface area contributed by atoms with Crippen molar-refractivity contribution in [2.24, 2.45) is 0 Å². The van der Waals surface area contributed by atoms with Gasteiger partial charge in [0.2, 0.25) is 0 Å². The van der Waals surface area contributed by atoms with Gasteiger partial charge in [-0.2, -0.15) is 0 Å². The molecule has 0 heteroatoms. The van der Waals surface area contributed by atoms with E-state index in [0.717, 1.165) is 0 Å². The van der Waals surface area contributed by atoms with Gasteiger partial charge in [-0.05, 0) is 67.8 Å². The minimum atomic E-state index is 0.548. The average molecular weight is 451 g/mol. The van der Waals surface area contributed by atoms with E-state index in [9.17, 15) is 0 Å². The molecule has 0 saturated heterocycles. The summed E-state index contributed by atoms with van der Waals surface area (Å²) in [7, 11) is 0. The maximum Gasteiger partial charge on any atom is -0.0105 e. The van der Waals surface area contributed by atoms with Crippen molar-refractivity contribution < 1.29 is 0 Å². The van der Waals surface area contributed by atoms with Gasteiger partial charge in [-0.25, -0.2) is 0 Å². The Hall–Kier alpha value is -2.86. The van der Waals surface area contributed by atoms with E-state index >= 15 is 0 Å². The summed E-state index contributed by atoms with van der Waals surface area (Å²) >= 11 is 0. The van der Waals surface area contributed by atoms with Crippen LogP contribution >= 0.6 is 0 Å². The highest BCUT2D eigenvalue weighted by Crippen LogP contribution is 2.34. The van der Waals surface area contributed by atoms with E-state index in [1.807, 2.05) is 0 Å². The van der Waals surface area contributed by atoms with Crippen molar-refractivity contribution >= 4 is 10.8 Å². The molecule has 0 N–H and O–H groups in total. The van der Waals surface area contributed by atoms with Gasteiger partial charge in [0, 0.05) is 0 Å². The Balaban J connectivity index is 0.000000229. The lowest BCUT2D eigenvalue weighted by molar-refractivity contribution is 0.790. The van der Waals surface area contributed by atoms with Crippen LogP contribution in [0.25, 0.3) is 21.9 Å². The van der Waals surface area contributed by atoms with E-state index in [4.69, 9.17) is 0 Å². The second kappa shape index (κ2) is 11.5. The molecule has 0 heterocycles. The Morgan fingerprint density at radius 2 is 0.882 bits per heavy atom. The molecule has 34 heavy (non-hydrogen) atoms. The maximum absolute atomic E-state index is 2.39. The van der Waals surface area contributed by atoms with E-state index in [1.54, 1.807) is 0 Å². The van der Waals surface area contributed by atoms with Crippen LogP contribution in [-0.2, 0) is 0 Å². The molecule has 0 bridgehead atoms. The van der Waals surface area contributed by atoms with Crippen molar-refractivity contribution in [2.45, 2.75) is 79.1 Å². The van der Waals surface area contributed by atoms with Gasteiger partial charge in [-0.3, -0.25) is 0 Å². The molecule has 4 aromatic rings. The van der Waals surface area contributed by atoms with Crippen LogP contribution in [0.5, 0.6) is 0 Å². The van der Waals surface area contributed by atoms with Crippen molar-refractivity contribution in [1.82, 2.24) is 0 Å². The zero-order valence-electron chi connectivity index (χ0n) is 22.4. The van der Waals surface area contributed by atoms with Crippen LogP contribution in [0.1, 0.15) is 101 Å². The second-order valence-electron chi connectivity index (χ2n) is 10.6. The first-order chi connectivity index (χ1) is 16.2. The predicted octanol–water partition coefficient (Wildman–Crippen LogP) is 10.7. The smallest absolute Gasteiger partial charge is 0.0105 e. The van der Waals surface area contributed by atoms with Gasteiger partial charge in [0.1, 0.15) is 0 Å². The number of rotatable bonds is 5. The predicted molar refractivity (Wildman–Crippen MR) is 152 cm³/mol. The summed E-state index contributed by atoms with van der Waals surface area (Å²) in [5, 5.41) is 2.64. The molecule has 178 valence electrons. The van der Waals surface area contributed by atoms with Crippen molar-refractivity contribution in [1.29, 1.82) is 0 Å². The van der Waals surface area contributed by atoms with Gasteiger partial charge in [0.15, 0.2) is 0 Å². The van der Waals surface area contributed by atoms with Crippen LogP contribution in [0.2, 0.25) is 0 Å². The number of hydrogen-bond acceptors (Lipinski definition) is 0. The third kappa shape index (κ3) is 5.98. The molecule has 0 spiro atoms. The fourth-order valence-electron chi connectivity index (χ4n) is 4.81. The Bertz CT molecular complexity index is 1180. The van der Waals surface area contributed by atoms with E-state index in [-0.39, 0.29) is 0 Å². The summed E-state index contributed by atoms with van der Waals surface area (Å²) in [5.41, 5.74) is 8.58. The summed E-state index contributed by atoms with van der Waals surface area (Å²) in [6.45, 7) is 18.1. The van der Waals surface area contributed by atoms with Crippen LogP contribution in [-0.4, -0.2) is 0 Å². The highest BCUT2D eigenvalue weighted by molar-refractivity contribution is 5.96. The van der Waals surface area contributed by atoms with Crippen molar-refractivity contribution in [3.8, 4) is 11.1 Å². The lowest BCUT2D eigenvalue weighted by Gasteiger charge is -2.18. The van der Waals surface area contributed by atoms with Gasteiger partial charge in [0.05, 0.1) is 0 Å². The molecule has 0 aliphatic heterocycles. The van der Waals surface area contributed by atoms with Crippen LogP contribution < -0.4 is 0 Å². The van der Waals surface area contributed by atoms with E-state index in [0.29, 0.717) is 23.7 Å². The molecule has 4 rings (SSSR count). The Labute approximate surface area is 208 Å². The molecule has 0 fully saturated rings. The van der Waals surface area contributed by atoms with Crippen molar-refractivity contribution in [3.05, 3.63) is 107 Å². The van der Waals surface area contributed by atoms with Gasteiger partial charge in [-0.15, -0.1) is 0 Å². The molecule has 0 atom stereocenters. The summed E-state index contributed by atoms with van der Waals surface area (Å²) in [5.74, 6) is 2.40. The van der Waals surface area contributed by atoms with Crippen molar-refractivity contribution in [2.75, 3.05) is 0 Å². The molecule has 0 nitrogen and oxygen atoms in total. The van der Waals surface area contributed by atoms with Gasteiger partial charge in [-0.1, -0.05) is 140 Å². The summed E-state index contributed by atoms with van der Waals surface area (Å²) in [6.07, 6.45) is 0. The Kier molecular flexibility index (Phi) is 8.72. The molecule has 0 aromatic heterocycles. The summed E-state index contributed by atoms with van der Waals surface area (Å²) < 4.78 is 0. The van der Waals surface area contributed by atoms with Gasteiger partial charge >= 0.3 is 0 Å². The minimum Gasteiger partial charge on any atom is -0.0620 e. The lowest BCUT2D eigenvalue weighted by atomic mass is 9.87. The van der Waals surface area contributed by atoms with E-state index in [1.165, 1.54) is 44.2 Å². The van der Waals surface area contributed by atoms with E-state index < -0.39 is 0 Å². The molecular formula is C34H42. The molecular weight excluding hydrogens is 408 g/mol. The van der Waals surface area contributed by atoms with Crippen LogP contribution in [0, 0.1) is 0 Å². The minimum absolute atomic E-state index is 0.548. The molecule has 0 amide bonds. The largest absolute Gasteiger partial charge is 0.0620 e. The Morgan fingerprint density at radius 3 is 1.44 bits per heavy atom. The quantitative estimate of drug-likeness (QED) is 0.283.